The minimum absolute atomic E-state index is 0.368. The summed E-state index contributed by atoms with van der Waals surface area (Å²) in [4.78, 5) is 11.5. The Balaban J connectivity index is 1.83. The van der Waals surface area contributed by atoms with Crippen molar-refractivity contribution in [3.63, 3.8) is 0 Å². The molecule has 25 heavy (non-hydrogen) atoms. The van der Waals surface area contributed by atoms with Gasteiger partial charge in [0.2, 0.25) is 0 Å². The number of aryl methyl sites for hydroxylation is 2. The van der Waals surface area contributed by atoms with Gasteiger partial charge in [0.05, 0.1) is 12.8 Å². The Morgan fingerprint density at radius 1 is 1.08 bits per heavy atom. The summed E-state index contributed by atoms with van der Waals surface area (Å²) < 4.78 is 10.6. The molecule has 6 heteroatoms. The van der Waals surface area contributed by atoms with Gasteiger partial charge in [0.15, 0.2) is 5.11 Å². The van der Waals surface area contributed by atoms with Crippen LogP contribution in [0.15, 0.2) is 51.7 Å². The quantitative estimate of drug-likeness (QED) is 0.542. The molecule has 0 spiro atoms. The standard InChI is InChI=1S/C19H18N2O3S/c1-11-4-7-16(23-3)15(8-11)21-19(25)20-13-5-6-14-12(2)9-18(22)24-17(14)10-13/h4-10H,1-3H3,(H2,20,21,25). The van der Waals surface area contributed by atoms with E-state index < -0.39 is 0 Å². The number of nitrogens with one attached hydrogen (secondary N) is 2. The van der Waals surface area contributed by atoms with Crippen LogP contribution in [0.3, 0.4) is 0 Å². The van der Waals surface area contributed by atoms with Gasteiger partial charge in [0, 0.05) is 23.2 Å². The van der Waals surface area contributed by atoms with Crippen LogP contribution in [-0.4, -0.2) is 12.2 Å². The molecule has 0 atom stereocenters. The second-order valence-electron chi connectivity index (χ2n) is 5.74. The summed E-state index contributed by atoms with van der Waals surface area (Å²) >= 11 is 5.37. The van der Waals surface area contributed by atoms with Crippen LogP contribution in [-0.2, 0) is 0 Å². The highest BCUT2D eigenvalue weighted by molar-refractivity contribution is 7.80. The van der Waals surface area contributed by atoms with Gasteiger partial charge in [-0.25, -0.2) is 4.79 Å². The highest BCUT2D eigenvalue weighted by Gasteiger charge is 2.07. The van der Waals surface area contributed by atoms with Gasteiger partial charge in [-0.2, -0.15) is 0 Å². The Morgan fingerprint density at radius 2 is 1.88 bits per heavy atom. The van der Waals surface area contributed by atoms with E-state index in [1.54, 1.807) is 13.2 Å². The number of rotatable bonds is 3. The smallest absolute Gasteiger partial charge is 0.336 e. The number of benzene rings is 2. The molecule has 0 radical (unpaired) electrons. The number of thiocarbonyl (C=S) groups is 1. The average Bonchev–Trinajstić information content (AvgIpc) is 2.54. The largest absolute Gasteiger partial charge is 0.495 e. The predicted molar refractivity (Wildman–Crippen MR) is 105 cm³/mol. The van der Waals surface area contributed by atoms with Crippen molar-refractivity contribution in [1.82, 2.24) is 0 Å². The summed E-state index contributed by atoms with van der Waals surface area (Å²) in [6.45, 7) is 3.87. The third kappa shape index (κ3) is 3.80. The van der Waals surface area contributed by atoms with Gasteiger partial charge >= 0.3 is 5.63 Å². The Bertz CT molecular complexity index is 1010. The molecule has 1 aromatic heterocycles. The first-order valence-corrected chi connectivity index (χ1v) is 8.14. The molecule has 128 valence electrons. The van der Waals surface area contributed by atoms with Gasteiger partial charge in [-0.15, -0.1) is 0 Å². The average molecular weight is 354 g/mol. The zero-order valence-electron chi connectivity index (χ0n) is 14.2. The lowest BCUT2D eigenvalue weighted by Crippen LogP contribution is -2.19. The molecule has 0 fully saturated rings. The lowest BCUT2D eigenvalue weighted by Gasteiger charge is -2.14. The van der Waals surface area contributed by atoms with Crippen LogP contribution in [0.25, 0.3) is 11.0 Å². The van der Waals surface area contributed by atoms with Crippen molar-refractivity contribution >= 4 is 39.7 Å². The molecule has 2 aromatic carbocycles. The van der Waals surface area contributed by atoms with E-state index in [2.05, 4.69) is 10.6 Å². The van der Waals surface area contributed by atoms with E-state index in [0.717, 1.165) is 27.9 Å². The molecule has 0 aliphatic carbocycles. The minimum Gasteiger partial charge on any atom is -0.495 e. The first kappa shape index (κ1) is 17.0. The first-order chi connectivity index (χ1) is 12.0. The minimum atomic E-state index is -0.368. The van der Waals surface area contributed by atoms with Crippen LogP contribution in [0.5, 0.6) is 5.75 Å². The van der Waals surface area contributed by atoms with Crippen molar-refractivity contribution in [3.8, 4) is 5.75 Å². The Kier molecular flexibility index (Phi) is 4.72. The van der Waals surface area contributed by atoms with Gasteiger partial charge in [-0.3, -0.25) is 0 Å². The number of hydrogen-bond donors (Lipinski definition) is 2. The van der Waals surface area contributed by atoms with Crippen LogP contribution >= 0.6 is 12.2 Å². The van der Waals surface area contributed by atoms with Gasteiger partial charge in [0.25, 0.3) is 0 Å². The van der Waals surface area contributed by atoms with E-state index in [0.29, 0.717) is 16.4 Å². The lowest BCUT2D eigenvalue weighted by atomic mass is 10.1. The molecule has 0 saturated heterocycles. The highest BCUT2D eigenvalue weighted by atomic mass is 32.1. The van der Waals surface area contributed by atoms with Crippen LogP contribution < -0.4 is 21.0 Å². The summed E-state index contributed by atoms with van der Waals surface area (Å²) in [6, 6.07) is 12.8. The Labute approximate surface area is 150 Å². The Morgan fingerprint density at radius 3 is 2.64 bits per heavy atom. The van der Waals surface area contributed by atoms with Crippen LogP contribution in [0.2, 0.25) is 0 Å². The molecular weight excluding hydrogens is 336 g/mol. The van der Waals surface area contributed by atoms with E-state index in [-0.39, 0.29) is 5.63 Å². The highest BCUT2D eigenvalue weighted by Crippen LogP contribution is 2.26. The maximum Gasteiger partial charge on any atom is 0.336 e. The fourth-order valence-electron chi connectivity index (χ4n) is 2.61. The molecule has 2 N–H and O–H groups in total. The van der Waals surface area contributed by atoms with Gasteiger partial charge in [0.1, 0.15) is 11.3 Å². The summed E-state index contributed by atoms with van der Waals surface area (Å²) in [6.07, 6.45) is 0. The molecular formula is C19H18N2O3S. The van der Waals surface area contributed by atoms with Crippen molar-refractivity contribution in [2.24, 2.45) is 0 Å². The van der Waals surface area contributed by atoms with E-state index in [1.807, 2.05) is 44.2 Å². The second kappa shape index (κ2) is 6.94. The van der Waals surface area contributed by atoms with E-state index in [4.69, 9.17) is 21.4 Å². The molecule has 0 aliphatic rings. The normalized spacial score (nSPS) is 10.5. The van der Waals surface area contributed by atoms with Crippen molar-refractivity contribution in [2.45, 2.75) is 13.8 Å². The van der Waals surface area contributed by atoms with Crippen LogP contribution in [0.1, 0.15) is 11.1 Å². The van der Waals surface area contributed by atoms with Crippen molar-refractivity contribution in [3.05, 3.63) is 64.0 Å². The van der Waals surface area contributed by atoms with E-state index in [1.165, 1.54) is 6.07 Å². The lowest BCUT2D eigenvalue weighted by molar-refractivity contribution is 0.417. The predicted octanol–water partition coefficient (Wildman–Crippen LogP) is 4.23. The third-order valence-electron chi connectivity index (χ3n) is 3.81. The second-order valence-corrected chi connectivity index (χ2v) is 6.15. The van der Waals surface area contributed by atoms with Crippen molar-refractivity contribution < 1.29 is 9.15 Å². The number of methoxy groups -OCH3 is 1. The SMILES string of the molecule is COc1ccc(C)cc1NC(=S)Nc1ccc2c(C)cc(=O)oc2c1. The molecule has 0 aliphatic heterocycles. The molecule has 0 amide bonds. The maximum absolute atomic E-state index is 11.5. The number of ether oxygens (including phenoxy) is 1. The molecule has 3 aromatic rings. The Hall–Kier alpha value is -2.86. The van der Waals surface area contributed by atoms with Gasteiger partial charge in [-0.1, -0.05) is 6.07 Å². The molecule has 0 unspecified atom stereocenters. The summed E-state index contributed by atoms with van der Waals surface area (Å²) in [5, 5.41) is 7.53. The zero-order valence-corrected chi connectivity index (χ0v) is 15.0. The topological polar surface area (TPSA) is 63.5 Å². The van der Waals surface area contributed by atoms with Crippen LogP contribution in [0, 0.1) is 13.8 Å². The maximum atomic E-state index is 11.5. The summed E-state index contributed by atoms with van der Waals surface area (Å²) in [5.41, 5.74) is 3.63. The van der Waals surface area contributed by atoms with Crippen molar-refractivity contribution in [1.29, 1.82) is 0 Å². The number of hydrogen-bond acceptors (Lipinski definition) is 4. The third-order valence-corrected chi connectivity index (χ3v) is 4.02. The zero-order chi connectivity index (χ0) is 18.0. The van der Waals surface area contributed by atoms with E-state index in [9.17, 15) is 4.79 Å². The van der Waals surface area contributed by atoms with Crippen molar-refractivity contribution in [2.75, 3.05) is 17.7 Å². The number of fused-ring (bicyclic) bond motifs is 1. The first-order valence-electron chi connectivity index (χ1n) is 7.73. The summed E-state index contributed by atoms with van der Waals surface area (Å²) in [7, 11) is 1.61. The molecule has 1 heterocycles. The monoisotopic (exact) mass is 354 g/mol. The summed E-state index contributed by atoms with van der Waals surface area (Å²) in [5.74, 6) is 0.704. The van der Waals surface area contributed by atoms with Gasteiger partial charge in [-0.05, 0) is 61.5 Å². The molecule has 0 bridgehead atoms. The molecule has 0 saturated carbocycles. The number of anilines is 2. The fourth-order valence-corrected chi connectivity index (χ4v) is 2.83. The molecule has 3 rings (SSSR count). The van der Waals surface area contributed by atoms with Gasteiger partial charge < -0.3 is 19.8 Å². The van der Waals surface area contributed by atoms with Crippen LogP contribution in [0.4, 0.5) is 11.4 Å². The van der Waals surface area contributed by atoms with E-state index >= 15 is 0 Å². The molecule has 5 nitrogen and oxygen atoms in total. The fraction of sp³-hybridized carbons (Fsp3) is 0.158.